The Morgan fingerprint density at radius 1 is 1.39 bits per heavy atom. The second-order valence-corrected chi connectivity index (χ2v) is 5.88. The van der Waals surface area contributed by atoms with Crippen molar-refractivity contribution in [3.05, 3.63) is 29.6 Å². The van der Waals surface area contributed by atoms with Crippen LogP contribution in [-0.2, 0) is 11.2 Å². The van der Waals surface area contributed by atoms with Gasteiger partial charge >= 0.3 is 6.09 Å². The van der Waals surface area contributed by atoms with Crippen molar-refractivity contribution in [2.24, 2.45) is 0 Å². The third kappa shape index (κ3) is 5.52. The molecule has 0 aliphatic carbocycles. The summed E-state index contributed by atoms with van der Waals surface area (Å²) in [6, 6.07) is 2.66. The highest BCUT2D eigenvalue weighted by Crippen LogP contribution is 2.30. The van der Waals surface area contributed by atoms with Crippen LogP contribution in [-0.4, -0.2) is 53.7 Å². The van der Waals surface area contributed by atoms with E-state index in [4.69, 9.17) is 5.11 Å². The fourth-order valence-electron chi connectivity index (χ4n) is 2.90. The smallest absolute Gasteiger partial charge is 0.405 e. The molecule has 7 nitrogen and oxygen atoms in total. The quantitative estimate of drug-likeness (QED) is 0.656. The highest BCUT2D eigenvalue weighted by Gasteiger charge is 2.22. The van der Waals surface area contributed by atoms with Gasteiger partial charge in [-0.3, -0.25) is 14.7 Å². The molecule has 0 unspecified atom stereocenters. The Morgan fingerprint density at radius 2 is 2.22 bits per heavy atom. The number of rotatable bonds is 7. The molecule has 2 heterocycles. The van der Waals surface area contributed by atoms with Crippen LogP contribution >= 0.6 is 0 Å². The van der Waals surface area contributed by atoms with E-state index in [0.717, 1.165) is 19.4 Å². The first kappa shape index (κ1) is 17.2. The third-order valence-corrected chi connectivity index (χ3v) is 4.09. The number of aryl methyl sites for hydroxylation is 1. The lowest BCUT2D eigenvalue weighted by Gasteiger charge is -2.19. The fourth-order valence-corrected chi connectivity index (χ4v) is 2.90. The van der Waals surface area contributed by atoms with Gasteiger partial charge in [0.2, 0.25) is 5.91 Å². The second kappa shape index (κ2) is 8.47. The van der Waals surface area contributed by atoms with Gasteiger partial charge in [0, 0.05) is 25.0 Å². The van der Waals surface area contributed by atoms with E-state index in [1.54, 1.807) is 0 Å². The van der Waals surface area contributed by atoms with Crippen LogP contribution in [0.1, 0.15) is 36.4 Å². The predicted octanol–water partition coefficient (Wildman–Crippen LogP) is 1.16. The van der Waals surface area contributed by atoms with Crippen molar-refractivity contribution in [1.82, 2.24) is 20.5 Å². The summed E-state index contributed by atoms with van der Waals surface area (Å²) < 4.78 is 0. The molecule has 2 rings (SSSR count). The molecule has 23 heavy (non-hydrogen) atoms. The van der Waals surface area contributed by atoms with Gasteiger partial charge in [-0.25, -0.2) is 4.79 Å². The number of hydrogen-bond donors (Lipinski definition) is 3. The minimum Gasteiger partial charge on any atom is -0.465 e. The van der Waals surface area contributed by atoms with E-state index in [0.29, 0.717) is 12.6 Å². The fraction of sp³-hybridized carbons (Fsp3) is 0.562. The number of carbonyl (C=O) groups is 2. The third-order valence-electron chi connectivity index (χ3n) is 4.09. The number of carboxylic acid groups (broad SMARTS) is 1. The molecule has 2 amide bonds. The second-order valence-electron chi connectivity index (χ2n) is 5.88. The van der Waals surface area contributed by atoms with Crippen LogP contribution in [0.25, 0.3) is 0 Å². The van der Waals surface area contributed by atoms with E-state index in [-0.39, 0.29) is 12.5 Å². The van der Waals surface area contributed by atoms with Gasteiger partial charge in [-0.15, -0.1) is 0 Å². The van der Waals surface area contributed by atoms with E-state index < -0.39 is 6.09 Å². The van der Waals surface area contributed by atoms with Crippen molar-refractivity contribution in [3.8, 4) is 0 Å². The Hall–Kier alpha value is -2.15. The van der Waals surface area contributed by atoms with Crippen LogP contribution in [0.5, 0.6) is 0 Å². The Kier molecular flexibility index (Phi) is 6.34. The molecule has 7 heteroatoms. The Bertz CT molecular complexity index is 550. The maximum atomic E-state index is 11.4. The largest absolute Gasteiger partial charge is 0.465 e. The first-order chi connectivity index (χ1) is 11.1. The summed E-state index contributed by atoms with van der Waals surface area (Å²) in [6.07, 6.45) is 6.64. The van der Waals surface area contributed by atoms with Gasteiger partial charge in [0.05, 0.1) is 6.54 Å². The molecule has 1 saturated heterocycles. The Labute approximate surface area is 136 Å². The van der Waals surface area contributed by atoms with Crippen LogP contribution in [0.15, 0.2) is 18.5 Å². The van der Waals surface area contributed by atoms with Crippen molar-refractivity contribution in [1.29, 1.82) is 0 Å². The van der Waals surface area contributed by atoms with Crippen molar-refractivity contribution in [3.63, 3.8) is 0 Å². The molecular weight excluding hydrogens is 296 g/mol. The van der Waals surface area contributed by atoms with E-state index in [2.05, 4.69) is 28.3 Å². The van der Waals surface area contributed by atoms with Crippen LogP contribution < -0.4 is 10.6 Å². The van der Waals surface area contributed by atoms with Crippen LogP contribution in [0.2, 0.25) is 0 Å². The first-order valence-corrected chi connectivity index (χ1v) is 7.94. The van der Waals surface area contributed by atoms with Crippen molar-refractivity contribution < 1.29 is 14.7 Å². The summed E-state index contributed by atoms with van der Waals surface area (Å²) in [4.78, 5) is 28.3. The summed E-state index contributed by atoms with van der Waals surface area (Å²) in [5.74, 6) is -0.313. The topological polar surface area (TPSA) is 94.6 Å². The monoisotopic (exact) mass is 320 g/mol. The number of aromatic nitrogens is 1. The van der Waals surface area contributed by atoms with Crippen molar-refractivity contribution >= 4 is 12.0 Å². The molecule has 0 saturated carbocycles. The zero-order chi connectivity index (χ0) is 16.7. The summed E-state index contributed by atoms with van der Waals surface area (Å²) in [7, 11) is 2.14. The summed E-state index contributed by atoms with van der Waals surface area (Å²) in [5.41, 5.74) is 2.43. The molecule has 0 spiro atoms. The molecule has 0 aromatic carbocycles. The minimum atomic E-state index is -1.19. The van der Waals surface area contributed by atoms with Gasteiger partial charge in [0.15, 0.2) is 0 Å². The van der Waals surface area contributed by atoms with E-state index >= 15 is 0 Å². The lowest BCUT2D eigenvalue weighted by molar-refractivity contribution is -0.120. The molecule has 0 radical (unpaired) electrons. The average Bonchev–Trinajstić information content (AvgIpc) is 2.96. The average molecular weight is 320 g/mol. The molecule has 126 valence electrons. The van der Waals surface area contributed by atoms with Gasteiger partial charge in [0.1, 0.15) is 0 Å². The number of nitrogens with zero attached hydrogens (tertiary/aromatic N) is 2. The maximum absolute atomic E-state index is 11.4. The lowest BCUT2D eigenvalue weighted by Crippen LogP contribution is -2.36. The maximum Gasteiger partial charge on any atom is 0.405 e. The zero-order valence-corrected chi connectivity index (χ0v) is 13.4. The van der Waals surface area contributed by atoms with E-state index in [1.807, 2.05) is 17.7 Å². The normalized spacial score (nSPS) is 17.9. The number of hydrogen-bond acceptors (Lipinski definition) is 4. The van der Waals surface area contributed by atoms with Gasteiger partial charge in [-0.2, -0.15) is 0 Å². The van der Waals surface area contributed by atoms with Gasteiger partial charge in [-0.1, -0.05) is 6.07 Å². The summed E-state index contributed by atoms with van der Waals surface area (Å²) in [5, 5.41) is 13.1. The molecule has 1 atom stereocenters. The molecule has 0 bridgehead atoms. The first-order valence-electron chi connectivity index (χ1n) is 7.94. The van der Waals surface area contributed by atoms with Crippen LogP contribution in [0, 0.1) is 0 Å². The van der Waals surface area contributed by atoms with Crippen LogP contribution in [0.4, 0.5) is 4.79 Å². The summed E-state index contributed by atoms with van der Waals surface area (Å²) in [6.45, 7) is 1.44. The van der Waals surface area contributed by atoms with E-state index in [9.17, 15) is 9.59 Å². The molecule has 1 aromatic rings. The number of likely N-dealkylation sites (tertiary alicyclic amines) is 1. The van der Waals surface area contributed by atoms with Gasteiger partial charge in [0.25, 0.3) is 0 Å². The number of carbonyl (C=O) groups excluding carboxylic acids is 1. The predicted molar refractivity (Wildman–Crippen MR) is 86.2 cm³/mol. The molecule has 1 fully saturated rings. The molecule has 3 N–H and O–H groups in total. The number of nitrogens with one attached hydrogen (secondary N) is 2. The Morgan fingerprint density at radius 3 is 2.91 bits per heavy atom. The minimum absolute atomic E-state index is 0.208. The highest BCUT2D eigenvalue weighted by atomic mass is 16.4. The number of pyridine rings is 1. The van der Waals surface area contributed by atoms with Crippen LogP contribution in [0.3, 0.4) is 0 Å². The Balaban J connectivity index is 1.73. The number of amides is 2. The standard InChI is InChI=1S/C16H24N4O3/c1-20-7-3-5-14(20)13-8-12(9-17-10-13)4-2-6-18-15(21)11-19-16(22)23/h8-10,14,19H,2-7,11H2,1H3,(H,18,21)(H,22,23)/t14-/m0/s1. The molecular formula is C16H24N4O3. The van der Waals surface area contributed by atoms with Crippen molar-refractivity contribution in [2.75, 3.05) is 26.7 Å². The van der Waals surface area contributed by atoms with E-state index in [1.165, 1.54) is 24.0 Å². The lowest BCUT2D eigenvalue weighted by atomic mass is 10.0. The molecule has 1 aliphatic heterocycles. The van der Waals surface area contributed by atoms with Gasteiger partial charge in [-0.05, 0) is 50.4 Å². The molecule has 1 aliphatic rings. The highest BCUT2D eigenvalue weighted by molar-refractivity contribution is 5.81. The zero-order valence-electron chi connectivity index (χ0n) is 13.4. The van der Waals surface area contributed by atoms with Gasteiger partial charge < -0.3 is 15.7 Å². The van der Waals surface area contributed by atoms with Crippen molar-refractivity contribution in [2.45, 2.75) is 31.7 Å². The summed E-state index contributed by atoms with van der Waals surface area (Å²) >= 11 is 0. The molecule has 1 aromatic heterocycles. The SMILES string of the molecule is CN1CCC[C@H]1c1cncc(CCCNC(=O)CNC(=O)O)c1.